The maximum absolute atomic E-state index is 5.84. The maximum atomic E-state index is 5.84. The first-order chi connectivity index (χ1) is 5.84. The summed E-state index contributed by atoms with van der Waals surface area (Å²) in [5.74, 6) is 0.436. The van der Waals surface area contributed by atoms with Gasteiger partial charge in [-0.05, 0) is 45.2 Å². The number of rotatable bonds is 2. The molecule has 0 aromatic heterocycles. The Balaban J connectivity index is 1.72. The Bertz CT molecular complexity index is 141. The van der Waals surface area contributed by atoms with Crippen molar-refractivity contribution in [3.8, 4) is 0 Å². The van der Waals surface area contributed by atoms with Gasteiger partial charge < -0.3 is 10.2 Å². The average Bonchev–Trinajstić information content (AvgIpc) is 2.63. The molecular formula is C10H18N2. The van der Waals surface area contributed by atoms with Gasteiger partial charge in [-0.3, -0.25) is 0 Å². The molecule has 2 heterocycles. The van der Waals surface area contributed by atoms with Crippen molar-refractivity contribution < 1.29 is 0 Å². The van der Waals surface area contributed by atoms with Crippen LogP contribution in [0.2, 0.25) is 0 Å². The van der Waals surface area contributed by atoms with Crippen molar-refractivity contribution in [3.63, 3.8) is 0 Å². The Hall–Kier alpha value is -0.0800. The highest BCUT2D eigenvalue weighted by Gasteiger charge is 2.23. The summed E-state index contributed by atoms with van der Waals surface area (Å²) in [6.45, 7) is 10.6. The second kappa shape index (κ2) is 3.75. The molecule has 12 heavy (non-hydrogen) atoms. The minimum Gasteiger partial charge on any atom is -0.313 e. The zero-order chi connectivity index (χ0) is 8.39. The maximum Gasteiger partial charge on any atom is 0.0195 e. The summed E-state index contributed by atoms with van der Waals surface area (Å²) in [4.78, 5) is 2.49. The van der Waals surface area contributed by atoms with E-state index in [2.05, 4.69) is 10.2 Å². The normalized spacial score (nSPS) is 37.8. The summed E-state index contributed by atoms with van der Waals surface area (Å²) in [5, 5.41) is 3.52. The molecule has 2 atom stereocenters. The second-order valence-corrected chi connectivity index (χ2v) is 4.10. The molecule has 2 saturated heterocycles. The fraction of sp³-hybridized carbons (Fsp3) is 0.900. The zero-order valence-electron chi connectivity index (χ0n) is 7.63. The van der Waals surface area contributed by atoms with Crippen LogP contribution in [0.4, 0.5) is 0 Å². The van der Waals surface area contributed by atoms with Gasteiger partial charge in [0.25, 0.3) is 0 Å². The smallest absolute Gasteiger partial charge is 0.0195 e. The van der Waals surface area contributed by atoms with Crippen LogP contribution in [0.1, 0.15) is 19.3 Å². The number of nitrogens with zero attached hydrogens (tertiary/aromatic N) is 1. The molecule has 0 saturated carbocycles. The van der Waals surface area contributed by atoms with Gasteiger partial charge in [-0.15, -0.1) is 0 Å². The minimum absolute atomic E-state index is 0.436. The summed E-state index contributed by atoms with van der Waals surface area (Å²) in [6.07, 6.45) is 3.89. The van der Waals surface area contributed by atoms with Gasteiger partial charge >= 0.3 is 0 Å². The number of hydrogen-bond donors (Lipinski definition) is 1. The largest absolute Gasteiger partial charge is 0.313 e. The lowest BCUT2D eigenvalue weighted by atomic mass is 10.2. The number of likely N-dealkylation sites (tertiary alicyclic amines) is 1. The Morgan fingerprint density at radius 3 is 2.92 bits per heavy atom. The third kappa shape index (κ3) is 1.99. The lowest BCUT2D eigenvalue weighted by Gasteiger charge is -2.19. The van der Waals surface area contributed by atoms with Crippen molar-refractivity contribution in [2.45, 2.75) is 25.3 Å². The van der Waals surface area contributed by atoms with E-state index in [1.807, 2.05) is 0 Å². The van der Waals surface area contributed by atoms with Crippen LogP contribution in [0.5, 0.6) is 0 Å². The molecule has 2 aliphatic heterocycles. The number of hydrogen-bond acceptors (Lipinski definition) is 2. The highest BCUT2D eigenvalue weighted by Crippen LogP contribution is 2.16. The zero-order valence-corrected chi connectivity index (χ0v) is 7.63. The molecular weight excluding hydrogens is 148 g/mol. The summed E-state index contributed by atoms with van der Waals surface area (Å²) < 4.78 is 0. The molecule has 2 unspecified atom stereocenters. The van der Waals surface area contributed by atoms with E-state index in [0.717, 1.165) is 12.6 Å². The van der Waals surface area contributed by atoms with Crippen molar-refractivity contribution in [2.24, 2.45) is 5.92 Å². The molecule has 0 spiro atoms. The first-order valence-electron chi connectivity index (χ1n) is 5.06. The molecule has 2 aliphatic rings. The average molecular weight is 166 g/mol. The van der Waals surface area contributed by atoms with Crippen LogP contribution in [-0.2, 0) is 0 Å². The molecule has 2 nitrogen and oxygen atoms in total. The van der Waals surface area contributed by atoms with Gasteiger partial charge in [-0.2, -0.15) is 0 Å². The predicted octanol–water partition coefficient (Wildman–Crippen LogP) is 0.771. The minimum atomic E-state index is 0.436. The van der Waals surface area contributed by atoms with Crippen LogP contribution in [0.25, 0.3) is 0 Å². The van der Waals surface area contributed by atoms with Gasteiger partial charge in [0.15, 0.2) is 0 Å². The molecule has 0 amide bonds. The molecule has 68 valence electrons. The summed E-state index contributed by atoms with van der Waals surface area (Å²) in [6, 6.07) is 0.746. The van der Waals surface area contributed by atoms with Gasteiger partial charge in [-0.25, -0.2) is 0 Å². The fourth-order valence-corrected chi connectivity index (χ4v) is 2.25. The Labute approximate surface area is 75.3 Å². The molecule has 0 bridgehead atoms. The van der Waals surface area contributed by atoms with Crippen LogP contribution in [-0.4, -0.2) is 37.1 Å². The third-order valence-electron chi connectivity index (χ3n) is 2.95. The van der Waals surface area contributed by atoms with E-state index in [9.17, 15) is 0 Å². The highest BCUT2D eigenvalue weighted by atomic mass is 15.2. The van der Waals surface area contributed by atoms with Gasteiger partial charge in [0, 0.05) is 19.1 Å². The lowest BCUT2D eigenvalue weighted by Crippen LogP contribution is -2.36. The van der Waals surface area contributed by atoms with Crippen LogP contribution in [0, 0.1) is 12.8 Å². The van der Waals surface area contributed by atoms with Crippen molar-refractivity contribution >= 4 is 0 Å². The Kier molecular flexibility index (Phi) is 2.66. The van der Waals surface area contributed by atoms with E-state index in [1.54, 1.807) is 0 Å². The van der Waals surface area contributed by atoms with E-state index in [4.69, 9.17) is 6.92 Å². The summed E-state index contributed by atoms with van der Waals surface area (Å²) >= 11 is 0. The molecule has 0 aromatic rings. The first-order valence-corrected chi connectivity index (χ1v) is 5.06. The molecule has 2 radical (unpaired) electrons. The van der Waals surface area contributed by atoms with E-state index in [1.165, 1.54) is 38.9 Å². The van der Waals surface area contributed by atoms with Gasteiger partial charge in [0.05, 0.1) is 0 Å². The van der Waals surface area contributed by atoms with Crippen LogP contribution < -0.4 is 5.32 Å². The third-order valence-corrected chi connectivity index (χ3v) is 2.95. The summed E-state index contributed by atoms with van der Waals surface area (Å²) in [5.41, 5.74) is 0. The standard InChI is InChI=1S/C10H18N2/c1-9-4-6-12(7-9)8-10-3-2-5-11-10/h1,9-11H,2-8H2. The predicted molar refractivity (Wildman–Crippen MR) is 49.9 cm³/mol. The van der Waals surface area contributed by atoms with Crippen LogP contribution in [0.3, 0.4) is 0 Å². The Morgan fingerprint density at radius 2 is 2.33 bits per heavy atom. The lowest BCUT2D eigenvalue weighted by molar-refractivity contribution is 0.297. The second-order valence-electron chi connectivity index (χ2n) is 4.10. The van der Waals surface area contributed by atoms with E-state index in [-0.39, 0.29) is 0 Å². The molecule has 0 aliphatic carbocycles. The monoisotopic (exact) mass is 166 g/mol. The van der Waals surface area contributed by atoms with Crippen LogP contribution in [0.15, 0.2) is 0 Å². The van der Waals surface area contributed by atoms with Gasteiger partial charge in [0.2, 0.25) is 0 Å². The topological polar surface area (TPSA) is 15.3 Å². The van der Waals surface area contributed by atoms with Crippen molar-refractivity contribution in [3.05, 3.63) is 6.92 Å². The molecule has 2 heteroatoms. The summed E-state index contributed by atoms with van der Waals surface area (Å²) in [7, 11) is 0. The van der Waals surface area contributed by atoms with Gasteiger partial charge in [-0.1, -0.05) is 0 Å². The molecule has 2 rings (SSSR count). The first kappa shape index (κ1) is 8.52. The number of nitrogens with one attached hydrogen (secondary N) is 1. The Morgan fingerprint density at radius 1 is 1.42 bits per heavy atom. The van der Waals surface area contributed by atoms with Gasteiger partial charge in [0.1, 0.15) is 0 Å². The SMILES string of the molecule is [CH]C1CCN(CC2CCCN2)C1. The highest BCUT2D eigenvalue weighted by molar-refractivity contribution is 4.83. The van der Waals surface area contributed by atoms with E-state index < -0.39 is 0 Å². The fourth-order valence-electron chi connectivity index (χ4n) is 2.25. The van der Waals surface area contributed by atoms with E-state index in [0.29, 0.717) is 5.92 Å². The van der Waals surface area contributed by atoms with E-state index >= 15 is 0 Å². The molecule has 2 fully saturated rings. The molecule has 1 N–H and O–H groups in total. The van der Waals surface area contributed by atoms with Crippen molar-refractivity contribution in [2.75, 3.05) is 26.2 Å². The van der Waals surface area contributed by atoms with Crippen molar-refractivity contribution in [1.82, 2.24) is 10.2 Å². The van der Waals surface area contributed by atoms with Crippen molar-refractivity contribution in [1.29, 1.82) is 0 Å². The van der Waals surface area contributed by atoms with Crippen LogP contribution >= 0.6 is 0 Å². The quantitative estimate of drug-likeness (QED) is 0.652. The molecule has 0 aromatic carbocycles.